The summed E-state index contributed by atoms with van der Waals surface area (Å²) in [6.45, 7) is 1.66. The van der Waals surface area contributed by atoms with Gasteiger partial charge in [0.1, 0.15) is 5.75 Å². The molecule has 0 aliphatic rings. The fraction of sp³-hybridized carbons (Fsp3) is 0.462. The van der Waals surface area contributed by atoms with Crippen LogP contribution in [-0.4, -0.2) is 35.8 Å². The van der Waals surface area contributed by atoms with Gasteiger partial charge in [-0.3, -0.25) is 10.1 Å². The van der Waals surface area contributed by atoms with Gasteiger partial charge in [-0.25, -0.2) is 4.79 Å². The summed E-state index contributed by atoms with van der Waals surface area (Å²) < 4.78 is 9.93. The smallest absolute Gasteiger partial charge is 0.344 e. The standard InChI is InChI=1S/C13H17NO6/c1-2-19-13(16)9-20-11-5-6-12(14(17)18)10(8-11)4-3-7-15/h5-6,8,15H,2-4,7,9H2,1H3. The Balaban J connectivity index is 2.78. The lowest BCUT2D eigenvalue weighted by Gasteiger charge is -2.08. The van der Waals surface area contributed by atoms with Gasteiger partial charge in [0.05, 0.1) is 11.5 Å². The number of ether oxygens (including phenoxy) is 2. The zero-order valence-corrected chi connectivity index (χ0v) is 11.2. The number of hydrogen-bond acceptors (Lipinski definition) is 6. The number of nitro groups is 1. The van der Waals surface area contributed by atoms with E-state index in [-0.39, 0.29) is 25.5 Å². The van der Waals surface area contributed by atoms with Gasteiger partial charge in [-0.2, -0.15) is 0 Å². The number of carbonyl (C=O) groups excluding carboxylic acids is 1. The van der Waals surface area contributed by atoms with Gasteiger partial charge in [0.15, 0.2) is 6.61 Å². The number of benzene rings is 1. The van der Waals surface area contributed by atoms with Crippen molar-refractivity contribution < 1.29 is 24.3 Å². The highest BCUT2D eigenvalue weighted by molar-refractivity contribution is 5.71. The minimum atomic E-state index is -0.497. The summed E-state index contributed by atoms with van der Waals surface area (Å²) in [7, 11) is 0. The number of nitro benzene ring substituents is 1. The highest BCUT2D eigenvalue weighted by Gasteiger charge is 2.14. The normalized spacial score (nSPS) is 10.1. The van der Waals surface area contributed by atoms with Crippen LogP contribution in [0.5, 0.6) is 5.75 Å². The Bertz CT molecular complexity index is 474. The molecule has 7 nitrogen and oxygen atoms in total. The van der Waals surface area contributed by atoms with E-state index in [1.54, 1.807) is 6.92 Å². The monoisotopic (exact) mass is 283 g/mol. The molecule has 0 heterocycles. The predicted molar refractivity (Wildman–Crippen MR) is 70.6 cm³/mol. The molecule has 0 amide bonds. The zero-order valence-electron chi connectivity index (χ0n) is 11.2. The molecule has 0 bridgehead atoms. The van der Waals surface area contributed by atoms with Crippen molar-refractivity contribution in [3.63, 3.8) is 0 Å². The molecule has 1 aromatic rings. The second-order valence-corrected chi connectivity index (χ2v) is 3.97. The molecular weight excluding hydrogens is 266 g/mol. The molecule has 0 spiro atoms. The average Bonchev–Trinajstić information content (AvgIpc) is 2.43. The summed E-state index contributed by atoms with van der Waals surface area (Å²) >= 11 is 0. The number of rotatable bonds is 8. The molecule has 0 saturated heterocycles. The van der Waals surface area contributed by atoms with E-state index in [0.717, 1.165) is 0 Å². The highest BCUT2D eigenvalue weighted by atomic mass is 16.6. The third kappa shape index (κ3) is 4.85. The Morgan fingerprint density at radius 2 is 2.20 bits per heavy atom. The first-order chi connectivity index (χ1) is 9.58. The van der Waals surface area contributed by atoms with E-state index < -0.39 is 10.9 Å². The van der Waals surface area contributed by atoms with Gasteiger partial charge in [0.25, 0.3) is 5.69 Å². The SMILES string of the molecule is CCOC(=O)COc1ccc([N+](=O)[O-])c(CCCO)c1. The lowest BCUT2D eigenvalue weighted by Crippen LogP contribution is -2.14. The van der Waals surface area contributed by atoms with Crippen molar-refractivity contribution in [2.75, 3.05) is 19.8 Å². The summed E-state index contributed by atoms with van der Waals surface area (Å²) in [5.74, 6) is -0.139. The van der Waals surface area contributed by atoms with E-state index in [1.165, 1.54) is 18.2 Å². The second-order valence-electron chi connectivity index (χ2n) is 3.97. The van der Waals surface area contributed by atoms with Crippen LogP contribution in [0.15, 0.2) is 18.2 Å². The lowest BCUT2D eigenvalue weighted by atomic mass is 10.1. The Labute approximate surface area is 116 Å². The van der Waals surface area contributed by atoms with Crippen molar-refractivity contribution >= 4 is 11.7 Å². The van der Waals surface area contributed by atoms with Crippen LogP contribution in [0.25, 0.3) is 0 Å². The van der Waals surface area contributed by atoms with Crippen molar-refractivity contribution in [2.45, 2.75) is 19.8 Å². The Morgan fingerprint density at radius 1 is 1.45 bits per heavy atom. The molecule has 0 aliphatic heterocycles. The van der Waals surface area contributed by atoms with E-state index in [9.17, 15) is 14.9 Å². The minimum absolute atomic E-state index is 0.0260. The van der Waals surface area contributed by atoms with Crippen LogP contribution in [0.1, 0.15) is 18.9 Å². The van der Waals surface area contributed by atoms with Gasteiger partial charge in [0.2, 0.25) is 0 Å². The van der Waals surface area contributed by atoms with E-state index in [0.29, 0.717) is 24.2 Å². The van der Waals surface area contributed by atoms with Crippen LogP contribution in [-0.2, 0) is 16.0 Å². The first-order valence-electron chi connectivity index (χ1n) is 6.25. The van der Waals surface area contributed by atoms with E-state index in [4.69, 9.17) is 14.6 Å². The van der Waals surface area contributed by atoms with Crippen molar-refractivity contribution in [2.24, 2.45) is 0 Å². The average molecular weight is 283 g/mol. The Morgan fingerprint density at radius 3 is 2.80 bits per heavy atom. The first-order valence-corrected chi connectivity index (χ1v) is 6.25. The van der Waals surface area contributed by atoms with Gasteiger partial charge in [-0.05, 0) is 31.9 Å². The molecule has 110 valence electrons. The number of aryl methyl sites for hydroxylation is 1. The second kappa shape index (κ2) is 8.11. The molecule has 0 atom stereocenters. The maximum atomic E-state index is 11.2. The third-order valence-electron chi connectivity index (χ3n) is 2.51. The fourth-order valence-corrected chi connectivity index (χ4v) is 1.64. The van der Waals surface area contributed by atoms with Crippen LogP contribution >= 0.6 is 0 Å². The highest BCUT2D eigenvalue weighted by Crippen LogP contribution is 2.25. The number of aliphatic hydroxyl groups excluding tert-OH is 1. The number of esters is 1. The van der Waals surface area contributed by atoms with Crippen molar-refractivity contribution in [3.05, 3.63) is 33.9 Å². The van der Waals surface area contributed by atoms with Crippen LogP contribution < -0.4 is 4.74 Å². The van der Waals surface area contributed by atoms with Crippen molar-refractivity contribution in [1.29, 1.82) is 0 Å². The fourth-order valence-electron chi connectivity index (χ4n) is 1.64. The van der Waals surface area contributed by atoms with Crippen molar-refractivity contribution in [3.8, 4) is 5.75 Å². The van der Waals surface area contributed by atoms with Gasteiger partial charge < -0.3 is 14.6 Å². The minimum Gasteiger partial charge on any atom is -0.482 e. The molecule has 0 saturated carbocycles. The summed E-state index contributed by atoms with van der Waals surface area (Å²) in [5, 5.41) is 19.7. The zero-order chi connectivity index (χ0) is 15.0. The number of carbonyl (C=O) groups is 1. The molecule has 1 aromatic carbocycles. The molecule has 0 aliphatic carbocycles. The van der Waals surface area contributed by atoms with E-state index in [1.807, 2.05) is 0 Å². The quantitative estimate of drug-likeness (QED) is 0.440. The van der Waals surface area contributed by atoms with Crippen LogP contribution in [0.4, 0.5) is 5.69 Å². The third-order valence-corrected chi connectivity index (χ3v) is 2.51. The molecule has 0 unspecified atom stereocenters. The molecule has 0 aromatic heterocycles. The Hall–Kier alpha value is -2.15. The van der Waals surface area contributed by atoms with Crippen LogP contribution in [0.2, 0.25) is 0 Å². The van der Waals surface area contributed by atoms with E-state index >= 15 is 0 Å². The molecule has 1 rings (SSSR count). The number of nitrogens with zero attached hydrogens (tertiary/aromatic N) is 1. The largest absolute Gasteiger partial charge is 0.482 e. The number of aliphatic hydroxyl groups is 1. The van der Waals surface area contributed by atoms with Gasteiger partial charge in [-0.15, -0.1) is 0 Å². The first kappa shape index (κ1) is 15.9. The van der Waals surface area contributed by atoms with Gasteiger partial charge >= 0.3 is 5.97 Å². The number of hydrogen-bond donors (Lipinski definition) is 1. The molecule has 20 heavy (non-hydrogen) atoms. The topological polar surface area (TPSA) is 98.9 Å². The van der Waals surface area contributed by atoms with Crippen molar-refractivity contribution in [1.82, 2.24) is 0 Å². The summed E-state index contributed by atoms with van der Waals surface area (Å²) in [6, 6.07) is 4.26. The Kier molecular flexibility index (Phi) is 6.45. The summed E-state index contributed by atoms with van der Waals surface area (Å²) in [6.07, 6.45) is 0.783. The van der Waals surface area contributed by atoms with Crippen LogP contribution in [0.3, 0.4) is 0 Å². The molecule has 0 fully saturated rings. The lowest BCUT2D eigenvalue weighted by molar-refractivity contribution is -0.385. The molecule has 7 heteroatoms. The molecule has 1 N–H and O–H groups in total. The van der Waals surface area contributed by atoms with Gasteiger partial charge in [-0.1, -0.05) is 0 Å². The van der Waals surface area contributed by atoms with E-state index in [2.05, 4.69) is 0 Å². The van der Waals surface area contributed by atoms with Gasteiger partial charge in [0, 0.05) is 18.2 Å². The predicted octanol–water partition coefficient (Wildman–Crippen LogP) is 1.46. The summed E-state index contributed by atoms with van der Waals surface area (Å²) in [5.41, 5.74) is 0.437. The maximum Gasteiger partial charge on any atom is 0.344 e. The van der Waals surface area contributed by atoms with Crippen LogP contribution in [0, 0.1) is 10.1 Å². The molecule has 0 radical (unpaired) electrons. The summed E-state index contributed by atoms with van der Waals surface area (Å²) in [4.78, 5) is 21.6. The maximum absolute atomic E-state index is 11.2. The molecular formula is C13H17NO6.